The summed E-state index contributed by atoms with van der Waals surface area (Å²) in [6, 6.07) is 15.1. The van der Waals surface area contributed by atoms with Crippen LogP contribution in [0.4, 0.5) is 5.69 Å². The number of aliphatic hydroxyl groups is 1. The number of ether oxygens (including phenoxy) is 1. The number of nitrogens with zero attached hydrogens (tertiary/aromatic N) is 2. The van der Waals surface area contributed by atoms with Crippen LogP contribution in [-0.4, -0.2) is 44.8 Å². The van der Waals surface area contributed by atoms with Gasteiger partial charge in [-0.25, -0.2) is 0 Å². The largest absolute Gasteiger partial charge is 0.459 e. The van der Waals surface area contributed by atoms with Gasteiger partial charge < -0.3 is 14.7 Å². The first-order valence-electron chi connectivity index (χ1n) is 8.96. The van der Waals surface area contributed by atoms with Crippen LogP contribution in [0.25, 0.3) is 0 Å². The number of benzene rings is 2. The molecule has 2 aromatic carbocycles. The number of amides is 1. The van der Waals surface area contributed by atoms with Gasteiger partial charge in [0.25, 0.3) is 5.69 Å². The summed E-state index contributed by atoms with van der Waals surface area (Å²) < 4.78 is 5.20. The Labute approximate surface area is 171 Å². The molecule has 1 aliphatic heterocycles. The molecule has 152 valence electrons. The second kappa shape index (κ2) is 9.06. The molecule has 0 saturated carbocycles. The first-order chi connectivity index (χ1) is 13.9. The fraction of sp³-hybridized carbons (Fsp3) is 0.300. The van der Waals surface area contributed by atoms with E-state index in [-0.39, 0.29) is 30.1 Å². The summed E-state index contributed by atoms with van der Waals surface area (Å²) >= 11 is 1.41. The first kappa shape index (κ1) is 20.8. The van der Waals surface area contributed by atoms with Crippen molar-refractivity contribution in [2.45, 2.75) is 29.9 Å². The van der Waals surface area contributed by atoms with Gasteiger partial charge in [-0.1, -0.05) is 18.2 Å². The third-order valence-corrected chi connectivity index (χ3v) is 5.88. The van der Waals surface area contributed by atoms with Crippen LogP contribution in [0.5, 0.6) is 0 Å². The Kier molecular flexibility index (Phi) is 6.50. The van der Waals surface area contributed by atoms with E-state index in [2.05, 4.69) is 0 Å². The van der Waals surface area contributed by atoms with Gasteiger partial charge in [0.15, 0.2) is 0 Å². The minimum absolute atomic E-state index is 0.0452. The summed E-state index contributed by atoms with van der Waals surface area (Å²) in [5.41, 5.74) is 0.562. The first-order valence-corrected chi connectivity index (χ1v) is 9.84. The number of esters is 1. The Balaban J connectivity index is 1.58. The van der Waals surface area contributed by atoms with Gasteiger partial charge >= 0.3 is 5.97 Å². The molecule has 0 aromatic heterocycles. The number of hydrogen-bond donors (Lipinski definition) is 1. The smallest absolute Gasteiger partial charge is 0.326 e. The fourth-order valence-electron chi connectivity index (χ4n) is 3.00. The van der Waals surface area contributed by atoms with Gasteiger partial charge in [-0.05, 0) is 36.8 Å². The van der Waals surface area contributed by atoms with Gasteiger partial charge in [0.05, 0.1) is 22.3 Å². The molecular weight excluding hydrogens is 396 g/mol. The highest BCUT2D eigenvalue weighted by Gasteiger charge is 2.50. The number of β-lactam (4-membered cyclic amide) rings is 1. The van der Waals surface area contributed by atoms with Gasteiger partial charge in [-0.2, -0.15) is 0 Å². The van der Waals surface area contributed by atoms with Crippen molar-refractivity contribution in [1.29, 1.82) is 0 Å². The number of carbonyl (C=O) groups excluding carboxylic acids is 2. The van der Waals surface area contributed by atoms with Crippen LogP contribution in [0.1, 0.15) is 12.5 Å². The Morgan fingerprint density at radius 2 is 1.90 bits per heavy atom. The van der Waals surface area contributed by atoms with Crippen LogP contribution in [0, 0.1) is 16.0 Å². The summed E-state index contributed by atoms with van der Waals surface area (Å²) in [6.45, 7) is 1.29. The van der Waals surface area contributed by atoms with Crippen molar-refractivity contribution in [2.24, 2.45) is 5.92 Å². The van der Waals surface area contributed by atoms with Gasteiger partial charge in [0.1, 0.15) is 13.2 Å². The standard InChI is InChI=1S/C20H20N2O6S/c1-13(23)18-19(25)21(20(18)29-16-5-3-2-4-6-16)11-17(24)28-12-14-7-9-15(10-8-14)22(26)27/h2-10,13,18,20,23H,11-12H2,1H3/t13-,18-,20+/m1/s1. The van der Waals surface area contributed by atoms with Crippen LogP contribution < -0.4 is 0 Å². The maximum absolute atomic E-state index is 12.4. The molecule has 0 bridgehead atoms. The maximum Gasteiger partial charge on any atom is 0.326 e. The molecule has 1 aliphatic rings. The second-order valence-corrected chi connectivity index (χ2v) is 7.83. The minimum atomic E-state index is -0.823. The number of thioether (sulfide) groups is 1. The number of aliphatic hydroxyl groups excluding tert-OH is 1. The predicted octanol–water partition coefficient (Wildman–Crippen LogP) is 2.60. The molecular formula is C20H20N2O6S. The van der Waals surface area contributed by atoms with Crippen molar-refractivity contribution < 1.29 is 24.4 Å². The van der Waals surface area contributed by atoms with Crippen molar-refractivity contribution in [1.82, 2.24) is 4.90 Å². The third-order valence-electron chi connectivity index (χ3n) is 4.55. The molecule has 1 N–H and O–H groups in total. The Morgan fingerprint density at radius 3 is 2.48 bits per heavy atom. The maximum atomic E-state index is 12.4. The number of nitro groups is 1. The lowest BCUT2D eigenvalue weighted by molar-refractivity contribution is -0.384. The highest BCUT2D eigenvalue weighted by Crippen LogP contribution is 2.40. The molecule has 1 heterocycles. The number of likely N-dealkylation sites (tertiary alicyclic amines) is 1. The zero-order valence-corrected chi connectivity index (χ0v) is 16.5. The van der Waals surface area contributed by atoms with E-state index in [4.69, 9.17) is 4.74 Å². The van der Waals surface area contributed by atoms with E-state index in [9.17, 15) is 24.8 Å². The SMILES string of the molecule is C[C@@H](O)[C@@H]1C(=O)N(CC(=O)OCc2ccc([N+](=O)[O-])cc2)[C@H]1Sc1ccccc1. The number of rotatable bonds is 8. The molecule has 29 heavy (non-hydrogen) atoms. The van der Waals surface area contributed by atoms with Crippen LogP contribution in [0.2, 0.25) is 0 Å². The predicted molar refractivity (Wildman–Crippen MR) is 106 cm³/mol. The number of hydrogen-bond acceptors (Lipinski definition) is 7. The molecule has 0 spiro atoms. The molecule has 0 unspecified atom stereocenters. The van der Waals surface area contributed by atoms with E-state index in [1.165, 1.54) is 40.9 Å². The summed E-state index contributed by atoms with van der Waals surface area (Å²) in [5.74, 6) is -1.46. The zero-order chi connectivity index (χ0) is 21.0. The van der Waals surface area contributed by atoms with Crippen LogP contribution in [0.3, 0.4) is 0 Å². The normalized spacial score (nSPS) is 19.4. The Morgan fingerprint density at radius 1 is 1.24 bits per heavy atom. The van der Waals surface area contributed by atoms with Crippen molar-refractivity contribution in [3.8, 4) is 0 Å². The Bertz CT molecular complexity index is 888. The highest BCUT2D eigenvalue weighted by atomic mass is 32.2. The number of carbonyl (C=O) groups is 2. The summed E-state index contributed by atoms with van der Waals surface area (Å²) in [7, 11) is 0. The molecule has 2 aromatic rings. The fourth-order valence-corrected chi connectivity index (χ4v) is 4.39. The summed E-state index contributed by atoms with van der Waals surface area (Å²) in [5, 5.41) is 20.2. The average molecular weight is 416 g/mol. The van der Waals surface area contributed by atoms with Crippen molar-refractivity contribution in [2.75, 3.05) is 6.54 Å². The molecule has 3 rings (SSSR count). The molecule has 0 aliphatic carbocycles. The molecule has 1 saturated heterocycles. The third kappa shape index (κ3) is 4.93. The van der Waals surface area contributed by atoms with Crippen molar-refractivity contribution in [3.05, 3.63) is 70.3 Å². The summed E-state index contributed by atoms with van der Waals surface area (Å²) in [6.07, 6.45) is -0.823. The average Bonchev–Trinajstić information content (AvgIpc) is 2.71. The molecule has 1 amide bonds. The molecule has 0 radical (unpaired) electrons. The monoisotopic (exact) mass is 416 g/mol. The molecule has 1 fully saturated rings. The van der Waals surface area contributed by atoms with Crippen molar-refractivity contribution >= 4 is 29.3 Å². The van der Waals surface area contributed by atoms with E-state index in [0.717, 1.165) is 4.90 Å². The lowest BCUT2D eigenvalue weighted by atomic mass is 9.93. The lowest BCUT2D eigenvalue weighted by Crippen LogP contribution is -2.63. The van der Waals surface area contributed by atoms with Gasteiger partial charge in [0, 0.05) is 17.0 Å². The van der Waals surface area contributed by atoms with Gasteiger partial charge in [0.2, 0.25) is 5.91 Å². The van der Waals surface area contributed by atoms with E-state index < -0.39 is 22.9 Å². The van der Waals surface area contributed by atoms with Crippen molar-refractivity contribution in [3.63, 3.8) is 0 Å². The molecule has 9 heteroatoms. The minimum Gasteiger partial charge on any atom is -0.459 e. The van der Waals surface area contributed by atoms with E-state index >= 15 is 0 Å². The molecule has 8 nitrogen and oxygen atoms in total. The number of non-ortho nitro benzene ring substituents is 1. The van der Waals surface area contributed by atoms with Crippen LogP contribution in [0.15, 0.2) is 59.5 Å². The Hall–Kier alpha value is -2.91. The van der Waals surface area contributed by atoms with Crippen LogP contribution >= 0.6 is 11.8 Å². The molecule has 3 atom stereocenters. The number of nitro benzene ring substituents is 1. The topological polar surface area (TPSA) is 110 Å². The quantitative estimate of drug-likeness (QED) is 0.305. The van der Waals surface area contributed by atoms with Gasteiger partial charge in [-0.3, -0.25) is 19.7 Å². The van der Waals surface area contributed by atoms with E-state index in [0.29, 0.717) is 5.56 Å². The van der Waals surface area contributed by atoms with Crippen LogP contribution in [-0.2, 0) is 20.9 Å². The lowest BCUT2D eigenvalue weighted by Gasteiger charge is -2.47. The zero-order valence-electron chi connectivity index (χ0n) is 15.6. The highest BCUT2D eigenvalue weighted by molar-refractivity contribution is 8.00. The summed E-state index contributed by atoms with van der Waals surface area (Å²) in [4.78, 5) is 37.1. The second-order valence-electron chi connectivity index (χ2n) is 6.64. The van der Waals surface area contributed by atoms with E-state index in [1.807, 2.05) is 30.3 Å². The van der Waals surface area contributed by atoms with Gasteiger partial charge in [-0.15, -0.1) is 11.8 Å². The van der Waals surface area contributed by atoms with E-state index in [1.54, 1.807) is 6.92 Å².